The fourth-order valence-corrected chi connectivity index (χ4v) is 1.51. The Balaban J connectivity index is 2.68. The second-order valence-corrected chi connectivity index (χ2v) is 5.53. The van der Waals surface area contributed by atoms with Crippen LogP contribution in [-0.4, -0.2) is 18.3 Å². The molecule has 0 unspecified atom stereocenters. The zero-order chi connectivity index (χ0) is 13.6. The van der Waals surface area contributed by atoms with E-state index in [1.807, 2.05) is 25.1 Å². The van der Waals surface area contributed by atoms with Crippen molar-refractivity contribution in [3.8, 4) is 11.5 Å². The van der Waals surface area contributed by atoms with Gasteiger partial charge in [-0.1, -0.05) is 26.8 Å². The third kappa shape index (κ3) is 4.96. The zero-order valence-corrected chi connectivity index (χ0v) is 11.8. The highest BCUT2D eigenvalue weighted by atomic mass is 16.5. The van der Waals surface area contributed by atoms with Crippen molar-refractivity contribution in [3.63, 3.8) is 0 Å². The minimum atomic E-state index is 0.0162. The first-order valence-electron chi connectivity index (χ1n) is 6.45. The van der Waals surface area contributed by atoms with Gasteiger partial charge in [0.1, 0.15) is 0 Å². The van der Waals surface area contributed by atoms with Gasteiger partial charge in [-0.15, -0.1) is 0 Å². The van der Waals surface area contributed by atoms with Gasteiger partial charge in [0.2, 0.25) is 0 Å². The highest BCUT2D eigenvalue weighted by Crippen LogP contribution is 2.29. The molecule has 0 aliphatic heterocycles. The molecular weight excluding hydrogens is 228 g/mol. The summed E-state index contributed by atoms with van der Waals surface area (Å²) >= 11 is 0. The highest BCUT2D eigenvalue weighted by molar-refractivity contribution is 5.42. The van der Waals surface area contributed by atoms with Gasteiger partial charge in [0.05, 0.1) is 19.8 Å². The predicted octanol–water partition coefficient (Wildman–Crippen LogP) is 3.39. The van der Waals surface area contributed by atoms with E-state index in [-0.39, 0.29) is 12.0 Å². The monoisotopic (exact) mass is 252 g/mol. The molecule has 0 aliphatic carbocycles. The molecule has 1 aromatic rings. The van der Waals surface area contributed by atoms with Gasteiger partial charge in [0.25, 0.3) is 0 Å². The van der Waals surface area contributed by atoms with Gasteiger partial charge in [0, 0.05) is 0 Å². The lowest BCUT2D eigenvalue weighted by atomic mass is 9.93. The summed E-state index contributed by atoms with van der Waals surface area (Å²) < 4.78 is 11.3. The maximum atomic E-state index is 9.11. The molecule has 0 fully saturated rings. The Morgan fingerprint density at radius 3 is 2.39 bits per heavy atom. The Morgan fingerprint density at radius 1 is 1.11 bits per heavy atom. The van der Waals surface area contributed by atoms with Crippen LogP contribution in [0.5, 0.6) is 11.5 Å². The number of benzene rings is 1. The molecule has 0 bridgehead atoms. The SMILES string of the molecule is CCOc1cc(CO)ccc1OCCC(C)(C)C. The van der Waals surface area contributed by atoms with E-state index >= 15 is 0 Å². The predicted molar refractivity (Wildman–Crippen MR) is 73.1 cm³/mol. The van der Waals surface area contributed by atoms with Crippen LogP contribution < -0.4 is 9.47 Å². The van der Waals surface area contributed by atoms with Crippen molar-refractivity contribution in [1.82, 2.24) is 0 Å². The van der Waals surface area contributed by atoms with Gasteiger partial charge in [-0.25, -0.2) is 0 Å². The molecule has 1 N–H and O–H groups in total. The fourth-order valence-electron chi connectivity index (χ4n) is 1.51. The molecule has 0 atom stereocenters. The lowest BCUT2D eigenvalue weighted by molar-refractivity contribution is 0.228. The average Bonchev–Trinajstić information content (AvgIpc) is 2.29. The molecule has 0 spiro atoms. The molecule has 1 aromatic carbocycles. The van der Waals surface area contributed by atoms with E-state index in [9.17, 15) is 0 Å². The molecule has 0 radical (unpaired) electrons. The summed E-state index contributed by atoms with van der Waals surface area (Å²) in [6, 6.07) is 5.55. The van der Waals surface area contributed by atoms with E-state index in [4.69, 9.17) is 14.6 Å². The van der Waals surface area contributed by atoms with Crippen LogP contribution in [-0.2, 0) is 6.61 Å². The van der Waals surface area contributed by atoms with Crippen LogP contribution in [0.4, 0.5) is 0 Å². The van der Waals surface area contributed by atoms with Crippen LogP contribution in [0.3, 0.4) is 0 Å². The van der Waals surface area contributed by atoms with Crippen LogP contribution in [0.1, 0.15) is 39.7 Å². The average molecular weight is 252 g/mol. The Kier molecular flexibility index (Phi) is 5.48. The van der Waals surface area contributed by atoms with Gasteiger partial charge in [-0.2, -0.15) is 0 Å². The Labute approximate surface area is 110 Å². The molecule has 0 aliphatic rings. The van der Waals surface area contributed by atoms with Crippen molar-refractivity contribution in [1.29, 1.82) is 0 Å². The largest absolute Gasteiger partial charge is 0.490 e. The molecule has 3 heteroatoms. The molecule has 0 heterocycles. The quantitative estimate of drug-likeness (QED) is 0.843. The van der Waals surface area contributed by atoms with E-state index in [1.54, 1.807) is 0 Å². The van der Waals surface area contributed by atoms with E-state index in [0.717, 1.165) is 17.7 Å². The number of aliphatic hydroxyl groups excluding tert-OH is 1. The molecule has 18 heavy (non-hydrogen) atoms. The van der Waals surface area contributed by atoms with Gasteiger partial charge in [-0.3, -0.25) is 0 Å². The summed E-state index contributed by atoms with van der Waals surface area (Å²) in [5.74, 6) is 1.45. The van der Waals surface area contributed by atoms with Crippen LogP contribution >= 0.6 is 0 Å². The van der Waals surface area contributed by atoms with Gasteiger partial charge < -0.3 is 14.6 Å². The lowest BCUT2D eigenvalue weighted by Gasteiger charge is -2.19. The standard InChI is InChI=1S/C15H24O3/c1-5-17-14-10-12(11-16)6-7-13(14)18-9-8-15(2,3)4/h6-7,10,16H,5,8-9,11H2,1-4H3. The van der Waals surface area contributed by atoms with E-state index in [0.29, 0.717) is 19.0 Å². The number of hydrogen-bond acceptors (Lipinski definition) is 3. The summed E-state index contributed by atoms with van der Waals surface area (Å²) in [5.41, 5.74) is 1.10. The minimum Gasteiger partial charge on any atom is -0.490 e. The van der Waals surface area contributed by atoms with Crippen molar-refractivity contribution in [2.24, 2.45) is 5.41 Å². The first-order valence-corrected chi connectivity index (χ1v) is 6.45. The molecule has 1 rings (SSSR count). The van der Waals surface area contributed by atoms with E-state index in [1.165, 1.54) is 0 Å². The summed E-state index contributed by atoms with van der Waals surface area (Å²) in [6.45, 7) is 9.78. The van der Waals surface area contributed by atoms with Crippen molar-refractivity contribution in [3.05, 3.63) is 23.8 Å². The third-order valence-corrected chi connectivity index (χ3v) is 2.60. The maximum Gasteiger partial charge on any atom is 0.161 e. The Bertz CT molecular complexity index is 366. The smallest absolute Gasteiger partial charge is 0.161 e. The molecule has 3 nitrogen and oxygen atoms in total. The summed E-state index contributed by atoms with van der Waals surface area (Å²) in [7, 11) is 0. The number of ether oxygens (including phenoxy) is 2. The van der Waals surface area contributed by atoms with Crippen LogP contribution in [0.15, 0.2) is 18.2 Å². The first-order chi connectivity index (χ1) is 8.46. The van der Waals surface area contributed by atoms with Gasteiger partial charge in [0.15, 0.2) is 11.5 Å². The fraction of sp³-hybridized carbons (Fsp3) is 0.600. The van der Waals surface area contributed by atoms with Gasteiger partial charge in [-0.05, 0) is 36.5 Å². The molecular formula is C15H24O3. The van der Waals surface area contributed by atoms with Crippen molar-refractivity contribution in [2.75, 3.05) is 13.2 Å². The summed E-state index contributed by atoms with van der Waals surface area (Å²) in [4.78, 5) is 0. The third-order valence-electron chi connectivity index (χ3n) is 2.60. The van der Waals surface area contributed by atoms with Crippen molar-refractivity contribution >= 4 is 0 Å². The lowest BCUT2D eigenvalue weighted by Crippen LogP contribution is -2.11. The Morgan fingerprint density at radius 2 is 1.83 bits per heavy atom. The van der Waals surface area contributed by atoms with Crippen LogP contribution in [0, 0.1) is 5.41 Å². The van der Waals surface area contributed by atoms with Crippen LogP contribution in [0.25, 0.3) is 0 Å². The molecule has 102 valence electrons. The zero-order valence-electron chi connectivity index (χ0n) is 11.8. The van der Waals surface area contributed by atoms with Gasteiger partial charge >= 0.3 is 0 Å². The number of aliphatic hydroxyl groups is 1. The second kappa shape index (κ2) is 6.64. The second-order valence-electron chi connectivity index (χ2n) is 5.53. The van der Waals surface area contributed by atoms with E-state index < -0.39 is 0 Å². The normalized spacial score (nSPS) is 11.4. The van der Waals surface area contributed by atoms with Crippen molar-refractivity contribution < 1.29 is 14.6 Å². The summed E-state index contributed by atoms with van der Waals surface area (Å²) in [6.07, 6.45) is 0.986. The maximum absolute atomic E-state index is 9.11. The molecule has 0 amide bonds. The molecule has 0 saturated heterocycles. The topological polar surface area (TPSA) is 38.7 Å². The minimum absolute atomic E-state index is 0.0162. The van der Waals surface area contributed by atoms with E-state index in [2.05, 4.69) is 20.8 Å². The summed E-state index contributed by atoms with van der Waals surface area (Å²) in [5, 5.41) is 9.11. The highest BCUT2D eigenvalue weighted by Gasteiger charge is 2.11. The number of hydrogen-bond donors (Lipinski definition) is 1. The van der Waals surface area contributed by atoms with Crippen molar-refractivity contribution in [2.45, 2.75) is 40.7 Å². The molecule has 0 saturated carbocycles. The molecule has 0 aromatic heterocycles. The number of rotatable bonds is 6. The first kappa shape index (κ1) is 14.8. The Hall–Kier alpha value is -1.22. The van der Waals surface area contributed by atoms with Crippen LogP contribution in [0.2, 0.25) is 0 Å².